The third-order valence-electron chi connectivity index (χ3n) is 6.02. The van der Waals surface area contributed by atoms with Gasteiger partial charge in [-0.15, -0.1) is 0 Å². The molecule has 0 fully saturated rings. The van der Waals surface area contributed by atoms with Gasteiger partial charge in [-0.1, -0.05) is 65.5 Å². The molecule has 0 aromatic heterocycles. The quantitative estimate of drug-likeness (QED) is 0.325. The van der Waals surface area contributed by atoms with Gasteiger partial charge in [-0.25, -0.2) is 8.42 Å². The number of hydrogen-bond acceptors (Lipinski definition) is 4. The Hall–Kier alpha value is -2.78. The average Bonchev–Trinajstić information content (AvgIpc) is 2.89. The highest BCUT2D eigenvalue weighted by Crippen LogP contribution is 2.29. The molecule has 0 bridgehead atoms. The number of carbonyl (C=O) groups is 2. The second-order valence-corrected chi connectivity index (χ2v) is 11.7. The number of halogens is 3. The molecular weight excluding hydrogens is 569 g/mol. The van der Waals surface area contributed by atoms with Gasteiger partial charge < -0.3 is 10.2 Å². The minimum Gasteiger partial charge on any atom is -0.357 e. The zero-order valence-electron chi connectivity index (χ0n) is 21.1. The van der Waals surface area contributed by atoms with Crippen LogP contribution < -0.4 is 9.62 Å². The van der Waals surface area contributed by atoms with E-state index in [1.54, 1.807) is 49.4 Å². The van der Waals surface area contributed by atoms with Crippen LogP contribution in [0.5, 0.6) is 0 Å². The van der Waals surface area contributed by atoms with E-state index in [1.165, 1.54) is 36.2 Å². The summed E-state index contributed by atoms with van der Waals surface area (Å²) >= 11 is 18.8. The van der Waals surface area contributed by atoms with Crippen molar-refractivity contribution in [1.29, 1.82) is 0 Å². The molecule has 7 nitrogen and oxygen atoms in total. The minimum atomic E-state index is -4.17. The van der Waals surface area contributed by atoms with Gasteiger partial charge in [0.2, 0.25) is 11.8 Å². The van der Waals surface area contributed by atoms with Gasteiger partial charge in [-0.2, -0.15) is 0 Å². The molecule has 0 aliphatic carbocycles. The van der Waals surface area contributed by atoms with Crippen LogP contribution in [0.25, 0.3) is 0 Å². The Balaban J connectivity index is 2.09. The van der Waals surface area contributed by atoms with Crippen molar-refractivity contribution in [1.82, 2.24) is 10.2 Å². The topological polar surface area (TPSA) is 86.8 Å². The molecule has 1 N–H and O–H groups in total. The number of carbonyl (C=O) groups excluding carboxylic acids is 2. The standard InChI is InChI=1S/C27H28Cl3N3O4S/c1-4-25(27(35)31-3)32(16-22-23(29)6-5-7-24(22)30)26(34)17-33(20-12-10-19(28)11-13-20)38(36,37)21-14-8-18(2)9-15-21/h5-15,25H,4,16-17H2,1-3H3,(H,31,35). The van der Waals surface area contributed by atoms with Gasteiger partial charge in [0, 0.05) is 34.2 Å². The number of rotatable bonds is 10. The molecule has 0 spiro atoms. The van der Waals surface area contributed by atoms with Crippen LogP contribution in [0.3, 0.4) is 0 Å². The second kappa shape index (κ2) is 12.8. The van der Waals surface area contributed by atoms with Crippen molar-refractivity contribution in [3.8, 4) is 0 Å². The Morgan fingerprint density at radius 3 is 2.03 bits per heavy atom. The van der Waals surface area contributed by atoms with E-state index in [4.69, 9.17) is 34.8 Å². The molecule has 0 aliphatic heterocycles. The molecular formula is C27H28Cl3N3O4S. The molecule has 0 saturated heterocycles. The van der Waals surface area contributed by atoms with Gasteiger partial charge >= 0.3 is 0 Å². The highest BCUT2D eigenvalue weighted by molar-refractivity contribution is 7.92. The average molecular weight is 597 g/mol. The molecule has 202 valence electrons. The van der Waals surface area contributed by atoms with Crippen molar-refractivity contribution in [2.45, 2.75) is 37.8 Å². The van der Waals surface area contributed by atoms with Crippen LogP contribution in [0.2, 0.25) is 15.1 Å². The lowest BCUT2D eigenvalue weighted by atomic mass is 10.1. The third kappa shape index (κ3) is 6.80. The molecule has 3 aromatic carbocycles. The summed E-state index contributed by atoms with van der Waals surface area (Å²) in [5.41, 5.74) is 1.58. The Labute approximate surface area is 238 Å². The third-order valence-corrected chi connectivity index (χ3v) is 8.77. The number of benzene rings is 3. The van der Waals surface area contributed by atoms with Gasteiger partial charge in [-0.3, -0.25) is 13.9 Å². The van der Waals surface area contributed by atoms with E-state index in [2.05, 4.69) is 5.32 Å². The number of sulfonamides is 1. The first kappa shape index (κ1) is 29.8. The maximum atomic E-state index is 13.9. The number of anilines is 1. The maximum absolute atomic E-state index is 13.9. The molecule has 3 rings (SSSR count). The zero-order valence-corrected chi connectivity index (χ0v) is 24.2. The monoisotopic (exact) mass is 595 g/mol. The first-order valence-corrected chi connectivity index (χ1v) is 14.4. The van der Waals surface area contributed by atoms with Gasteiger partial charge in [-0.05, 0) is 61.9 Å². The Morgan fingerprint density at radius 1 is 0.921 bits per heavy atom. The fourth-order valence-corrected chi connectivity index (χ4v) is 5.97. The van der Waals surface area contributed by atoms with Gasteiger partial charge in [0.1, 0.15) is 12.6 Å². The first-order chi connectivity index (χ1) is 18.0. The summed E-state index contributed by atoms with van der Waals surface area (Å²) in [6.45, 7) is 2.93. The largest absolute Gasteiger partial charge is 0.357 e. The summed E-state index contributed by atoms with van der Waals surface area (Å²) in [5.74, 6) is -1.01. The predicted octanol–water partition coefficient (Wildman–Crippen LogP) is 5.70. The maximum Gasteiger partial charge on any atom is 0.264 e. The summed E-state index contributed by atoms with van der Waals surface area (Å²) in [7, 11) is -2.70. The highest BCUT2D eigenvalue weighted by Gasteiger charge is 2.34. The summed E-state index contributed by atoms with van der Waals surface area (Å²) < 4.78 is 28.6. The zero-order chi connectivity index (χ0) is 28.0. The van der Waals surface area contributed by atoms with E-state index >= 15 is 0 Å². The van der Waals surface area contributed by atoms with Crippen molar-refractivity contribution in [3.63, 3.8) is 0 Å². The molecule has 38 heavy (non-hydrogen) atoms. The molecule has 1 unspecified atom stereocenters. The molecule has 3 aromatic rings. The van der Waals surface area contributed by atoms with E-state index < -0.39 is 34.4 Å². The van der Waals surface area contributed by atoms with Crippen molar-refractivity contribution in [2.24, 2.45) is 0 Å². The van der Waals surface area contributed by atoms with E-state index in [1.807, 2.05) is 6.92 Å². The second-order valence-electron chi connectivity index (χ2n) is 8.56. The summed E-state index contributed by atoms with van der Waals surface area (Å²) in [6.07, 6.45) is 0.277. The molecule has 2 amide bonds. The number of likely N-dealkylation sites (N-methyl/N-ethyl adjacent to an activating group) is 1. The number of nitrogens with zero attached hydrogens (tertiary/aromatic N) is 2. The Kier molecular flexibility index (Phi) is 10.1. The molecule has 0 saturated carbocycles. The lowest BCUT2D eigenvalue weighted by Crippen LogP contribution is -2.51. The minimum absolute atomic E-state index is 0.0184. The molecule has 0 heterocycles. The highest BCUT2D eigenvalue weighted by atomic mass is 35.5. The van der Waals surface area contributed by atoms with Crippen LogP contribution in [0.15, 0.2) is 71.6 Å². The van der Waals surface area contributed by atoms with Crippen LogP contribution in [0.1, 0.15) is 24.5 Å². The fourth-order valence-electron chi connectivity index (χ4n) is 3.91. The normalized spacial score (nSPS) is 12.1. The number of amides is 2. The van der Waals surface area contributed by atoms with Crippen molar-refractivity contribution in [2.75, 3.05) is 17.9 Å². The SMILES string of the molecule is CCC(C(=O)NC)N(Cc1c(Cl)cccc1Cl)C(=O)CN(c1ccc(Cl)cc1)S(=O)(=O)c1ccc(C)cc1. The molecule has 0 radical (unpaired) electrons. The van der Waals surface area contributed by atoms with Gasteiger partial charge in [0.05, 0.1) is 10.6 Å². The summed E-state index contributed by atoms with van der Waals surface area (Å²) in [5, 5.41) is 3.63. The van der Waals surface area contributed by atoms with Crippen LogP contribution in [0.4, 0.5) is 5.69 Å². The van der Waals surface area contributed by atoms with Crippen LogP contribution in [-0.2, 0) is 26.2 Å². The number of aryl methyl sites for hydroxylation is 1. The van der Waals surface area contributed by atoms with Crippen molar-refractivity contribution in [3.05, 3.63) is 92.9 Å². The van der Waals surface area contributed by atoms with E-state index in [0.717, 1.165) is 9.87 Å². The first-order valence-electron chi connectivity index (χ1n) is 11.8. The Bertz CT molecular complexity index is 1380. The van der Waals surface area contributed by atoms with E-state index in [0.29, 0.717) is 20.6 Å². The molecule has 0 aliphatic rings. The molecule has 11 heteroatoms. The van der Waals surface area contributed by atoms with Gasteiger partial charge in [0.15, 0.2) is 0 Å². The lowest BCUT2D eigenvalue weighted by Gasteiger charge is -2.33. The lowest BCUT2D eigenvalue weighted by molar-refractivity contribution is -0.140. The van der Waals surface area contributed by atoms with Crippen LogP contribution in [0, 0.1) is 6.92 Å². The van der Waals surface area contributed by atoms with Gasteiger partial charge in [0.25, 0.3) is 10.0 Å². The summed E-state index contributed by atoms with van der Waals surface area (Å²) in [6, 6.07) is 16.5. The molecule has 1 atom stereocenters. The number of hydrogen-bond donors (Lipinski definition) is 1. The van der Waals surface area contributed by atoms with Crippen LogP contribution >= 0.6 is 34.8 Å². The van der Waals surface area contributed by atoms with E-state index in [9.17, 15) is 18.0 Å². The van der Waals surface area contributed by atoms with E-state index in [-0.39, 0.29) is 23.5 Å². The number of nitrogens with one attached hydrogen (secondary N) is 1. The van der Waals surface area contributed by atoms with Crippen molar-refractivity contribution >= 4 is 62.3 Å². The fraction of sp³-hybridized carbons (Fsp3) is 0.259. The smallest absolute Gasteiger partial charge is 0.264 e. The van der Waals surface area contributed by atoms with Crippen molar-refractivity contribution < 1.29 is 18.0 Å². The summed E-state index contributed by atoms with van der Waals surface area (Å²) in [4.78, 5) is 28.0. The predicted molar refractivity (Wildman–Crippen MR) is 152 cm³/mol. The Morgan fingerprint density at radius 2 is 1.50 bits per heavy atom. The van der Waals surface area contributed by atoms with Crippen LogP contribution in [-0.4, -0.2) is 44.8 Å².